The van der Waals surface area contributed by atoms with Gasteiger partial charge in [0.2, 0.25) is 5.95 Å². The zero-order chi connectivity index (χ0) is 28.9. The molecule has 3 heterocycles. The van der Waals surface area contributed by atoms with Gasteiger partial charge in [0.1, 0.15) is 39.9 Å². The van der Waals surface area contributed by atoms with E-state index in [9.17, 15) is 28.5 Å². The molecule has 1 aliphatic rings. The molecule has 0 amide bonds. The summed E-state index contributed by atoms with van der Waals surface area (Å²) in [5.74, 6) is -3.42. The van der Waals surface area contributed by atoms with Crippen LogP contribution >= 0.6 is 11.3 Å². The summed E-state index contributed by atoms with van der Waals surface area (Å²) in [6, 6.07) is 2.35. The number of thiazole rings is 1. The smallest absolute Gasteiger partial charge is 0.225 e. The number of benzene rings is 1. The summed E-state index contributed by atoms with van der Waals surface area (Å²) < 4.78 is 42.7. The highest BCUT2D eigenvalue weighted by Gasteiger charge is 2.48. The average molecular weight is 575 g/mol. The topological polar surface area (TPSA) is 136 Å². The molecule has 1 aliphatic carbocycles. The first-order valence-corrected chi connectivity index (χ1v) is 13.5. The van der Waals surface area contributed by atoms with Gasteiger partial charge in [0, 0.05) is 36.4 Å². The van der Waals surface area contributed by atoms with E-state index < -0.39 is 47.2 Å². The number of aliphatic hydroxyl groups excluding tert-OH is 2. The summed E-state index contributed by atoms with van der Waals surface area (Å²) in [6.45, 7) is 6.37. The monoisotopic (exact) mass is 574 g/mol. The maximum Gasteiger partial charge on any atom is 0.225 e. The molecule has 4 atom stereocenters. The molecular weight excluding hydrogens is 545 g/mol. The minimum Gasteiger partial charge on any atom is -0.390 e. The van der Waals surface area contributed by atoms with Crippen molar-refractivity contribution in [2.75, 3.05) is 10.6 Å². The summed E-state index contributed by atoms with van der Waals surface area (Å²) in [7, 11) is 0. The molecule has 5 rings (SSSR count). The molecule has 0 bridgehead atoms. The van der Waals surface area contributed by atoms with Crippen LogP contribution in [0.4, 0.5) is 24.9 Å². The lowest BCUT2D eigenvalue weighted by atomic mass is 9.88. The molecule has 0 saturated heterocycles. The van der Waals surface area contributed by atoms with Gasteiger partial charge >= 0.3 is 0 Å². The van der Waals surface area contributed by atoms with Gasteiger partial charge in [0.05, 0.1) is 39.4 Å². The first-order valence-electron chi connectivity index (χ1n) is 12.7. The number of aryl methyl sites for hydroxylation is 2. The molecule has 1 fully saturated rings. The summed E-state index contributed by atoms with van der Waals surface area (Å²) in [4.78, 5) is 18.1. The number of rotatable bonds is 7. The Hall–Kier alpha value is -3.39. The fourth-order valence-electron chi connectivity index (χ4n) is 5.06. The molecule has 13 heteroatoms. The van der Waals surface area contributed by atoms with E-state index in [1.165, 1.54) is 11.3 Å². The number of anilines is 2. The van der Waals surface area contributed by atoms with Crippen molar-refractivity contribution in [1.82, 2.24) is 19.9 Å². The van der Waals surface area contributed by atoms with Crippen LogP contribution in [0.25, 0.3) is 20.8 Å². The molecule has 1 saturated carbocycles. The van der Waals surface area contributed by atoms with Crippen molar-refractivity contribution in [3.8, 4) is 10.6 Å². The standard InChI is InChI=1S/C27H29F3N6O3S/c1-11-20(25-35-21-12(2)31-6-5-19(21)40-25)24(34-18-9-15(27(3,4)39)22(37)23(18)38)36-26(33-11)32-10-14-16(29)7-13(28)8-17(14)30/h5-8,15,18,22-23,37-39H,9-10H2,1-4H3,(H2,32,33,34,36)/t15-,18?,22+,23-/m0/s1. The second-order valence-corrected chi connectivity index (χ2v) is 11.6. The van der Waals surface area contributed by atoms with Gasteiger partial charge in [0.15, 0.2) is 0 Å². The summed E-state index contributed by atoms with van der Waals surface area (Å²) in [6.07, 6.45) is -0.454. The predicted molar refractivity (Wildman–Crippen MR) is 145 cm³/mol. The van der Waals surface area contributed by atoms with Gasteiger partial charge in [-0.1, -0.05) is 0 Å². The molecule has 212 valence electrons. The molecule has 5 N–H and O–H groups in total. The number of hydrogen-bond acceptors (Lipinski definition) is 10. The summed E-state index contributed by atoms with van der Waals surface area (Å²) in [5, 5.41) is 38.6. The lowest BCUT2D eigenvalue weighted by molar-refractivity contribution is -0.0601. The van der Waals surface area contributed by atoms with Crippen LogP contribution in [0.15, 0.2) is 24.4 Å². The molecule has 1 unspecified atom stereocenters. The van der Waals surface area contributed by atoms with Gasteiger partial charge in [-0.15, -0.1) is 11.3 Å². The van der Waals surface area contributed by atoms with Gasteiger partial charge in [-0.25, -0.2) is 23.1 Å². The number of aliphatic hydroxyl groups is 3. The number of nitrogens with zero attached hydrogens (tertiary/aromatic N) is 4. The van der Waals surface area contributed by atoms with Gasteiger partial charge in [-0.3, -0.25) is 4.98 Å². The van der Waals surface area contributed by atoms with Crippen molar-refractivity contribution in [2.45, 2.75) is 64.5 Å². The van der Waals surface area contributed by atoms with E-state index >= 15 is 0 Å². The Morgan fingerprint density at radius 1 is 1.02 bits per heavy atom. The number of hydrogen-bond donors (Lipinski definition) is 5. The van der Waals surface area contributed by atoms with Crippen molar-refractivity contribution < 1.29 is 28.5 Å². The Bertz CT molecular complexity index is 1550. The largest absolute Gasteiger partial charge is 0.390 e. The van der Waals surface area contributed by atoms with Crippen LogP contribution in [0.3, 0.4) is 0 Å². The molecule has 1 aromatic carbocycles. The molecule has 9 nitrogen and oxygen atoms in total. The van der Waals surface area contributed by atoms with Gasteiger partial charge in [-0.05, 0) is 40.2 Å². The summed E-state index contributed by atoms with van der Waals surface area (Å²) >= 11 is 1.40. The minimum absolute atomic E-state index is 0.0258. The second kappa shape index (κ2) is 10.5. The Labute approximate surface area is 232 Å². The predicted octanol–water partition coefficient (Wildman–Crippen LogP) is 4.09. The fraction of sp³-hybridized carbons (Fsp3) is 0.407. The Morgan fingerprint density at radius 3 is 2.35 bits per heavy atom. The zero-order valence-electron chi connectivity index (χ0n) is 22.2. The fourth-order valence-corrected chi connectivity index (χ4v) is 6.18. The molecule has 0 aliphatic heterocycles. The van der Waals surface area contributed by atoms with E-state index in [0.717, 1.165) is 15.9 Å². The molecule has 4 aromatic rings. The molecule has 3 aromatic heterocycles. The normalized spacial score (nSPS) is 21.2. The van der Waals surface area contributed by atoms with Crippen LogP contribution in [0.5, 0.6) is 0 Å². The maximum absolute atomic E-state index is 14.2. The SMILES string of the molecule is Cc1nc(NCc2c(F)cc(F)cc2F)nc(NC2C[C@H](C(C)(C)O)[C@@H](O)[C@H]2O)c1-c1nc2c(C)nccc2s1. The number of nitrogens with one attached hydrogen (secondary N) is 2. The van der Waals surface area contributed by atoms with E-state index in [-0.39, 0.29) is 30.3 Å². The van der Waals surface area contributed by atoms with E-state index in [2.05, 4.69) is 25.6 Å². The van der Waals surface area contributed by atoms with E-state index in [1.807, 2.05) is 13.0 Å². The first-order chi connectivity index (χ1) is 18.8. The van der Waals surface area contributed by atoms with Crippen molar-refractivity contribution in [3.63, 3.8) is 0 Å². The lowest BCUT2D eigenvalue weighted by Gasteiger charge is -2.28. The second-order valence-electron chi connectivity index (χ2n) is 10.5. The van der Waals surface area contributed by atoms with E-state index in [1.54, 1.807) is 27.0 Å². The Morgan fingerprint density at radius 2 is 1.73 bits per heavy atom. The van der Waals surface area contributed by atoms with Crippen LogP contribution in [-0.2, 0) is 6.54 Å². The van der Waals surface area contributed by atoms with Crippen molar-refractivity contribution in [3.05, 3.63) is 58.8 Å². The van der Waals surface area contributed by atoms with Crippen LogP contribution in [0.1, 0.15) is 37.2 Å². The third-order valence-electron chi connectivity index (χ3n) is 7.23. The van der Waals surface area contributed by atoms with Crippen LogP contribution in [0.2, 0.25) is 0 Å². The Balaban J connectivity index is 1.54. The van der Waals surface area contributed by atoms with Gasteiger partial charge in [-0.2, -0.15) is 4.98 Å². The van der Waals surface area contributed by atoms with Crippen molar-refractivity contribution in [1.29, 1.82) is 0 Å². The highest BCUT2D eigenvalue weighted by molar-refractivity contribution is 7.21. The van der Waals surface area contributed by atoms with Crippen molar-refractivity contribution >= 4 is 33.3 Å². The molecule has 0 spiro atoms. The molecular formula is C27H29F3N6O3S. The minimum atomic E-state index is -1.24. The van der Waals surface area contributed by atoms with Gasteiger partial charge < -0.3 is 26.0 Å². The summed E-state index contributed by atoms with van der Waals surface area (Å²) in [5.41, 5.74) is 0.871. The number of fused-ring (bicyclic) bond motifs is 1. The van der Waals surface area contributed by atoms with E-state index in [4.69, 9.17) is 4.98 Å². The average Bonchev–Trinajstić information content (AvgIpc) is 3.40. The molecule has 0 radical (unpaired) electrons. The zero-order valence-corrected chi connectivity index (χ0v) is 23.0. The number of halogens is 3. The molecule has 40 heavy (non-hydrogen) atoms. The number of aromatic nitrogens is 4. The van der Waals surface area contributed by atoms with Crippen LogP contribution < -0.4 is 10.6 Å². The maximum atomic E-state index is 14.2. The lowest BCUT2D eigenvalue weighted by Crippen LogP contribution is -2.40. The van der Waals surface area contributed by atoms with Crippen molar-refractivity contribution in [2.24, 2.45) is 5.92 Å². The third kappa shape index (κ3) is 5.33. The van der Waals surface area contributed by atoms with Crippen LogP contribution in [-0.4, -0.2) is 59.1 Å². The quantitative estimate of drug-likeness (QED) is 0.221. The van der Waals surface area contributed by atoms with E-state index in [0.29, 0.717) is 28.4 Å². The number of pyridine rings is 1. The highest BCUT2D eigenvalue weighted by atomic mass is 32.1. The van der Waals surface area contributed by atoms with Crippen LogP contribution in [0, 0.1) is 37.2 Å². The first kappa shape index (κ1) is 28.1. The Kier molecular flexibility index (Phi) is 7.42. The highest BCUT2D eigenvalue weighted by Crippen LogP contribution is 2.40. The third-order valence-corrected chi connectivity index (χ3v) is 8.27. The van der Waals surface area contributed by atoms with Gasteiger partial charge in [0.25, 0.3) is 0 Å².